The van der Waals surface area contributed by atoms with Crippen LogP contribution in [0.2, 0.25) is 0 Å². The highest BCUT2D eigenvalue weighted by atomic mass is 32.2. The second-order valence-corrected chi connectivity index (χ2v) is 5.08. The maximum Gasteiger partial charge on any atom is 0.322 e. The van der Waals surface area contributed by atoms with E-state index in [2.05, 4.69) is 0 Å². The Hall–Kier alpha value is -1.20. The van der Waals surface area contributed by atoms with E-state index < -0.39 is 10.7 Å². The lowest BCUT2D eigenvalue weighted by Crippen LogP contribution is -2.36. The van der Waals surface area contributed by atoms with Crippen LogP contribution in [0, 0.1) is 0 Å². The first-order valence-corrected chi connectivity index (χ1v) is 5.50. The van der Waals surface area contributed by atoms with Gasteiger partial charge in [0, 0.05) is 7.11 Å². The molecule has 0 spiro atoms. The molecule has 2 N–H and O–H groups in total. The predicted octanol–water partition coefficient (Wildman–Crippen LogP) is 1.97. The van der Waals surface area contributed by atoms with Crippen molar-refractivity contribution < 1.29 is 19.7 Å². The summed E-state index contributed by atoms with van der Waals surface area (Å²) in [6.45, 7) is 1.64. The number of hydrogen-bond donors (Lipinski definition) is 2. The van der Waals surface area contributed by atoms with Gasteiger partial charge in [-0.2, -0.15) is 0 Å². The number of ether oxygens (including phenoxy) is 1. The summed E-state index contributed by atoms with van der Waals surface area (Å²) in [6.07, 6.45) is 0. The molecule has 0 aliphatic rings. The molecular weight excluding hydrogens is 228 g/mol. The Morgan fingerprint density at radius 2 is 2.12 bits per heavy atom. The van der Waals surface area contributed by atoms with Gasteiger partial charge < -0.3 is 14.9 Å². The molecule has 1 aromatic carbocycles. The minimum absolute atomic E-state index is 0.0708. The van der Waals surface area contributed by atoms with Gasteiger partial charge in [0.25, 0.3) is 0 Å². The van der Waals surface area contributed by atoms with Crippen LogP contribution in [0.1, 0.15) is 6.92 Å². The Morgan fingerprint density at radius 1 is 1.50 bits per heavy atom. The van der Waals surface area contributed by atoms with Crippen molar-refractivity contribution in [1.82, 2.24) is 0 Å². The Kier molecular flexibility index (Phi) is 4.20. The lowest BCUT2D eigenvalue weighted by atomic mass is 10.2. The molecule has 1 rings (SSSR count). The number of aromatic hydroxyl groups is 1. The topological polar surface area (TPSA) is 66.8 Å². The lowest BCUT2D eigenvalue weighted by Gasteiger charge is -2.23. The highest BCUT2D eigenvalue weighted by Crippen LogP contribution is 2.38. The van der Waals surface area contributed by atoms with Crippen LogP contribution in [0.5, 0.6) is 5.75 Å². The number of phenolic OH excluding ortho intramolecular Hbond substituents is 1. The molecule has 0 aliphatic heterocycles. The molecule has 0 heterocycles. The Balaban J connectivity index is 2.92. The Bertz CT molecular complexity index is 380. The number of carboxylic acid groups (broad SMARTS) is 1. The van der Waals surface area contributed by atoms with E-state index in [1.54, 1.807) is 25.1 Å². The standard InChI is InChI=1S/C11H14O4S/c1-11(7-15-2,10(13)14)16-9-6-4-3-5-8(9)12/h3-6,12H,7H2,1-2H3,(H,13,14). The molecule has 1 atom stereocenters. The summed E-state index contributed by atoms with van der Waals surface area (Å²) in [7, 11) is 1.45. The number of methoxy groups -OCH3 is 1. The Morgan fingerprint density at radius 3 is 2.62 bits per heavy atom. The number of phenols is 1. The molecule has 0 amide bonds. The first kappa shape index (κ1) is 12.9. The summed E-state index contributed by atoms with van der Waals surface area (Å²) in [6, 6.07) is 6.64. The van der Waals surface area contributed by atoms with Crippen LogP contribution in [0.3, 0.4) is 0 Å². The Labute approximate surface area is 98.2 Å². The second kappa shape index (κ2) is 5.23. The summed E-state index contributed by atoms with van der Waals surface area (Å²) in [4.78, 5) is 11.7. The van der Waals surface area contributed by atoms with Gasteiger partial charge in [0.05, 0.1) is 11.5 Å². The first-order valence-electron chi connectivity index (χ1n) is 4.69. The summed E-state index contributed by atoms with van der Waals surface area (Å²) in [5.74, 6) is -0.890. The number of para-hydroxylation sites is 1. The van der Waals surface area contributed by atoms with Crippen molar-refractivity contribution in [3.05, 3.63) is 24.3 Å². The van der Waals surface area contributed by atoms with Gasteiger partial charge in [-0.3, -0.25) is 4.79 Å². The third kappa shape index (κ3) is 2.90. The third-order valence-electron chi connectivity index (χ3n) is 2.07. The van der Waals surface area contributed by atoms with Gasteiger partial charge in [0.15, 0.2) is 0 Å². The first-order chi connectivity index (χ1) is 7.49. The van der Waals surface area contributed by atoms with Crippen molar-refractivity contribution in [2.45, 2.75) is 16.6 Å². The van der Waals surface area contributed by atoms with E-state index >= 15 is 0 Å². The largest absolute Gasteiger partial charge is 0.507 e. The van der Waals surface area contributed by atoms with E-state index in [4.69, 9.17) is 9.84 Å². The number of carboxylic acids is 1. The second-order valence-electron chi connectivity index (χ2n) is 3.54. The smallest absolute Gasteiger partial charge is 0.322 e. The molecule has 1 unspecified atom stereocenters. The van der Waals surface area contributed by atoms with Gasteiger partial charge in [-0.1, -0.05) is 12.1 Å². The van der Waals surface area contributed by atoms with E-state index in [0.29, 0.717) is 4.90 Å². The molecule has 0 saturated carbocycles. The van der Waals surface area contributed by atoms with Crippen LogP contribution in [0.25, 0.3) is 0 Å². The molecule has 1 aromatic rings. The van der Waals surface area contributed by atoms with Crippen molar-refractivity contribution in [3.8, 4) is 5.75 Å². The van der Waals surface area contributed by atoms with Gasteiger partial charge in [-0.15, -0.1) is 11.8 Å². The van der Waals surface area contributed by atoms with E-state index in [1.807, 2.05) is 0 Å². The van der Waals surface area contributed by atoms with Gasteiger partial charge in [0.1, 0.15) is 10.5 Å². The molecule has 4 nitrogen and oxygen atoms in total. The molecule has 0 fully saturated rings. The predicted molar refractivity (Wildman–Crippen MR) is 61.9 cm³/mol. The summed E-state index contributed by atoms with van der Waals surface area (Å²) in [5, 5.41) is 18.7. The summed E-state index contributed by atoms with van der Waals surface area (Å²) >= 11 is 1.08. The monoisotopic (exact) mass is 242 g/mol. The minimum atomic E-state index is -1.10. The maximum absolute atomic E-state index is 11.1. The van der Waals surface area contributed by atoms with E-state index in [1.165, 1.54) is 13.2 Å². The number of rotatable bonds is 5. The molecule has 88 valence electrons. The van der Waals surface area contributed by atoms with Gasteiger partial charge in [-0.25, -0.2) is 0 Å². The van der Waals surface area contributed by atoms with E-state index in [0.717, 1.165) is 11.8 Å². The highest BCUT2D eigenvalue weighted by Gasteiger charge is 2.35. The third-order valence-corrected chi connectivity index (χ3v) is 3.38. The number of benzene rings is 1. The average molecular weight is 242 g/mol. The molecule has 0 aromatic heterocycles. The summed E-state index contributed by atoms with van der Waals surface area (Å²) in [5.41, 5.74) is 0. The molecule has 0 bridgehead atoms. The van der Waals surface area contributed by atoms with Crippen molar-refractivity contribution >= 4 is 17.7 Å². The normalized spacial score (nSPS) is 14.4. The zero-order chi connectivity index (χ0) is 12.2. The van der Waals surface area contributed by atoms with Crippen molar-refractivity contribution in [1.29, 1.82) is 0 Å². The number of thioether (sulfide) groups is 1. The molecule has 16 heavy (non-hydrogen) atoms. The molecule has 0 radical (unpaired) electrons. The fraction of sp³-hybridized carbons (Fsp3) is 0.364. The molecular formula is C11H14O4S. The fourth-order valence-electron chi connectivity index (χ4n) is 1.20. The van der Waals surface area contributed by atoms with E-state index in [9.17, 15) is 9.90 Å². The number of aliphatic carboxylic acids is 1. The van der Waals surface area contributed by atoms with Crippen LogP contribution in [0.15, 0.2) is 29.2 Å². The lowest BCUT2D eigenvalue weighted by molar-refractivity contribution is -0.140. The van der Waals surface area contributed by atoms with E-state index in [-0.39, 0.29) is 12.4 Å². The summed E-state index contributed by atoms with van der Waals surface area (Å²) < 4.78 is 3.79. The number of carbonyl (C=O) groups is 1. The van der Waals surface area contributed by atoms with Gasteiger partial charge in [0.2, 0.25) is 0 Å². The molecule has 0 saturated heterocycles. The van der Waals surface area contributed by atoms with Crippen molar-refractivity contribution in [3.63, 3.8) is 0 Å². The maximum atomic E-state index is 11.1. The SMILES string of the molecule is COCC(C)(Sc1ccccc1O)C(=O)O. The fourth-order valence-corrected chi connectivity index (χ4v) is 2.27. The van der Waals surface area contributed by atoms with Crippen LogP contribution < -0.4 is 0 Å². The van der Waals surface area contributed by atoms with Gasteiger partial charge in [-0.05, 0) is 19.1 Å². The molecule has 0 aliphatic carbocycles. The van der Waals surface area contributed by atoms with Crippen LogP contribution >= 0.6 is 11.8 Å². The van der Waals surface area contributed by atoms with Crippen molar-refractivity contribution in [2.75, 3.05) is 13.7 Å². The highest BCUT2D eigenvalue weighted by molar-refractivity contribution is 8.01. The average Bonchev–Trinajstić information content (AvgIpc) is 2.21. The van der Waals surface area contributed by atoms with Crippen LogP contribution in [-0.2, 0) is 9.53 Å². The van der Waals surface area contributed by atoms with Gasteiger partial charge >= 0.3 is 5.97 Å². The van der Waals surface area contributed by atoms with Crippen LogP contribution in [-0.4, -0.2) is 34.6 Å². The zero-order valence-corrected chi connectivity index (χ0v) is 9.95. The number of hydrogen-bond acceptors (Lipinski definition) is 4. The van der Waals surface area contributed by atoms with Crippen LogP contribution in [0.4, 0.5) is 0 Å². The van der Waals surface area contributed by atoms with Crippen molar-refractivity contribution in [2.24, 2.45) is 0 Å². The quantitative estimate of drug-likeness (QED) is 0.773. The molecule has 5 heteroatoms. The zero-order valence-electron chi connectivity index (χ0n) is 9.14. The minimum Gasteiger partial charge on any atom is -0.507 e.